The molecule has 4 nitrogen and oxygen atoms in total. The summed E-state index contributed by atoms with van der Waals surface area (Å²) >= 11 is 5.22. The number of rotatable bonds is 4. The highest BCUT2D eigenvalue weighted by atomic mass is 32.2. The molecule has 21 heavy (non-hydrogen) atoms. The minimum atomic E-state index is -0.127. The molecule has 2 atom stereocenters. The van der Waals surface area contributed by atoms with Gasteiger partial charge in [0.15, 0.2) is 0 Å². The molecule has 0 fully saturated rings. The fraction of sp³-hybridized carbons (Fsp3) is 0.286. The molecule has 112 valence electrons. The molecule has 0 saturated heterocycles. The summed E-state index contributed by atoms with van der Waals surface area (Å²) in [7, 11) is 0. The maximum atomic E-state index is 3.38. The summed E-state index contributed by atoms with van der Waals surface area (Å²) < 4.78 is 3.31. The van der Waals surface area contributed by atoms with Crippen LogP contribution < -0.4 is 16.1 Å². The van der Waals surface area contributed by atoms with Crippen LogP contribution in [0.3, 0.4) is 0 Å². The van der Waals surface area contributed by atoms with Gasteiger partial charge in [0.05, 0.1) is 4.24 Å². The lowest BCUT2D eigenvalue weighted by Gasteiger charge is -2.31. The highest BCUT2D eigenvalue weighted by molar-refractivity contribution is 8.25. The van der Waals surface area contributed by atoms with Crippen LogP contribution in [0.1, 0.15) is 13.8 Å². The van der Waals surface area contributed by atoms with Crippen molar-refractivity contribution in [2.45, 2.75) is 23.6 Å². The normalized spacial score (nSPS) is 34.3. The molecular formula is C14H18N4S3. The molecule has 3 heterocycles. The fourth-order valence-electron chi connectivity index (χ4n) is 1.95. The number of thioether (sulfide) groups is 1. The Balaban J connectivity index is 1.53. The Labute approximate surface area is 138 Å². The Hall–Kier alpha value is -0.890. The van der Waals surface area contributed by atoms with Crippen LogP contribution in [0.4, 0.5) is 0 Å². The Morgan fingerprint density at radius 1 is 1.00 bits per heavy atom. The molecular weight excluding hydrogens is 320 g/mol. The van der Waals surface area contributed by atoms with E-state index in [-0.39, 0.29) is 9.74 Å². The van der Waals surface area contributed by atoms with Crippen LogP contribution in [0.2, 0.25) is 0 Å². The second-order valence-corrected chi connectivity index (χ2v) is 9.44. The van der Waals surface area contributed by atoms with Gasteiger partial charge in [-0.25, -0.2) is 0 Å². The lowest BCUT2D eigenvalue weighted by molar-refractivity contribution is 0.621. The van der Waals surface area contributed by atoms with Gasteiger partial charge in [0, 0.05) is 6.20 Å². The number of hydrogen-bond donors (Lipinski definition) is 3. The van der Waals surface area contributed by atoms with Crippen LogP contribution in [0.25, 0.3) is 0 Å². The van der Waals surface area contributed by atoms with E-state index in [0.29, 0.717) is 0 Å². The zero-order valence-corrected chi connectivity index (χ0v) is 14.3. The van der Waals surface area contributed by atoms with Crippen LogP contribution in [0.5, 0.6) is 0 Å². The number of allylic oxidation sites excluding steroid dienone is 4. The summed E-state index contributed by atoms with van der Waals surface area (Å²) in [5.74, 6) is 0. The molecule has 2 unspecified atom stereocenters. The van der Waals surface area contributed by atoms with Crippen molar-refractivity contribution in [1.82, 2.24) is 19.9 Å². The highest BCUT2D eigenvalue weighted by Crippen LogP contribution is 2.46. The molecule has 0 spiro atoms. The first kappa shape index (κ1) is 15.0. The van der Waals surface area contributed by atoms with E-state index >= 15 is 0 Å². The van der Waals surface area contributed by atoms with Crippen molar-refractivity contribution in [3.05, 3.63) is 59.3 Å². The average Bonchev–Trinajstić information content (AvgIpc) is 2.86. The zero-order valence-electron chi connectivity index (χ0n) is 11.9. The highest BCUT2D eigenvalue weighted by Gasteiger charge is 2.31. The molecule has 0 aliphatic carbocycles. The van der Waals surface area contributed by atoms with E-state index in [0.717, 1.165) is 0 Å². The van der Waals surface area contributed by atoms with Gasteiger partial charge in [0.25, 0.3) is 0 Å². The van der Waals surface area contributed by atoms with Gasteiger partial charge in [-0.1, -0.05) is 23.9 Å². The summed E-state index contributed by atoms with van der Waals surface area (Å²) in [4.78, 5) is -0.218. The number of hydrazine groups is 1. The predicted octanol–water partition coefficient (Wildman–Crippen LogP) is 3.41. The van der Waals surface area contributed by atoms with Gasteiger partial charge in [0.1, 0.15) is 9.74 Å². The Morgan fingerprint density at radius 3 is 2.29 bits per heavy atom. The third-order valence-electron chi connectivity index (χ3n) is 3.03. The van der Waals surface area contributed by atoms with Crippen LogP contribution in [0, 0.1) is 0 Å². The quantitative estimate of drug-likeness (QED) is 0.679. The topological polar surface area (TPSA) is 39.3 Å². The maximum Gasteiger partial charge on any atom is 0.116 e. The Kier molecular flexibility index (Phi) is 4.35. The van der Waals surface area contributed by atoms with Crippen molar-refractivity contribution in [2.24, 2.45) is 0 Å². The molecule has 0 aromatic carbocycles. The number of nitrogens with one attached hydrogen (secondary N) is 3. The smallest absolute Gasteiger partial charge is 0.116 e. The number of dihydropyridines is 2. The molecule has 7 heteroatoms. The molecule has 0 bridgehead atoms. The van der Waals surface area contributed by atoms with E-state index in [1.807, 2.05) is 30.8 Å². The summed E-state index contributed by atoms with van der Waals surface area (Å²) in [5, 5.41) is 6.75. The van der Waals surface area contributed by atoms with Crippen molar-refractivity contribution in [2.75, 3.05) is 0 Å². The maximum absolute atomic E-state index is 3.38. The summed E-state index contributed by atoms with van der Waals surface area (Å²) in [6, 6.07) is 0. The second kappa shape index (κ2) is 6.08. The van der Waals surface area contributed by atoms with Crippen LogP contribution in [-0.4, -0.2) is 13.6 Å². The first-order valence-electron chi connectivity index (χ1n) is 6.64. The summed E-state index contributed by atoms with van der Waals surface area (Å²) in [6.07, 6.45) is 18.5. The zero-order chi connectivity index (χ0) is 14.8. The van der Waals surface area contributed by atoms with Gasteiger partial charge in [0.2, 0.25) is 0 Å². The molecule has 3 aliphatic rings. The van der Waals surface area contributed by atoms with Crippen LogP contribution >= 0.6 is 35.7 Å². The predicted molar refractivity (Wildman–Crippen MR) is 95.5 cm³/mol. The van der Waals surface area contributed by atoms with Crippen molar-refractivity contribution in [1.29, 1.82) is 0 Å². The standard InChI is InChI=1S/C14H18N4S3/c1-13(7-3-5-9-15-13)19-12-11-17-18(20-12)21-14(2)8-4-6-10-16-14/h3-11,15-17H,1-2H3. The molecule has 0 amide bonds. The van der Waals surface area contributed by atoms with Gasteiger partial charge < -0.3 is 16.1 Å². The minimum Gasteiger partial charge on any atom is -0.373 e. The van der Waals surface area contributed by atoms with E-state index in [9.17, 15) is 0 Å². The van der Waals surface area contributed by atoms with E-state index in [1.165, 1.54) is 4.24 Å². The largest absolute Gasteiger partial charge is 0.373 e. The van der Waals surface area contributed by atoms with E-state index in [4.69, 9.17) is 0 Å². The second-order valence-electron chi connectivity index (χ2n) is 5.07. The molecule has 0 radical (unpaired) electrons. The molecule has 0 aromatic heterocycles. The molecule has 0 saturated carbocycles. The lowest BCUT2D eigenvalue weighted by Crippen LogP contribution is -2.38. The lowest BCUT2D eigenvalue weighted by atomic mass is 10.2. The number of hydrogen-bond acceptors (Lipinski definition) is 7. The first-order valence-corrected chi connectivity index (χ1v) is 9.00. The third kappa shape index (κ3) is 3.85. The fourth-order valence-corrected chi connectivity index (χ4v) is 5.72. The van der Waals surface area contributed by atoms with Crippen LogP contribution in [-0.2, 0) is 0 Å². The van der Waals surface area contributed by atoms with Crippen molar-refractivity contribution < 1.29 is 0 Å². The van der Waals surface area contributed by atoms with Crippen molar-refractivity contribution in [3.63, 3.8) is 0 Å². The van der Waals surface area contributed by atoms with E-state index < -0.39 is 0 Å². The molecule has 3 rings (SSSR count). The molecule has 0 aromatic rings. The van der Waals surface area contributed by atoms with Crippen LogP contribution in [0.15, 0.2) is 59.3 Å². The molecule has 3 N–H and O–H groups in total. The number of nitrogens with zero attached hydrogens (tertiary/aromatic N) is 1. The van der Waals surface area contributed by atoms with Gasteiger partial charge in [-0.2, -0.15) is 0 Å². The minimum absolute atomic E-state index is 0.0917. The Morgan fingerprint density at radius 2 is 1.67 bits per heavy atom. The van der Waals surface area contributed by atoms with E-state index in [1.54, 1.807) is 35.7 Å². The average molecular weight is 339 g/mol. The Bertz CT molecular complexity index is 554. The monoisotopic (exact) mass is 338 g/mol. The molecule has 3 aliphatic heterocycles. The summed E-state index contributed by atoms with van der Waals surface area (Å²) in [5.41, 5.74) is 3.29. The SMILES string of the molecule is CC1(SC2=CNN(SC3(C)C=CC=CN3)S2)C=CC=CN1. The third-order valence-corrected chi connectivity index (χ3v) is 6.42. The van der Waals surface area contributed by atoms with Gasteiger partial charge in [-0.3, -0.25) is 0 Å². The van der Waals surface area contributed by atoms with Crippen molar-refractivity contribution >= 4 is 35.7 Å². The van der Waals surface area contributed by atoms with Gasteiger partial charge in [-0.05, 0) is 74.4 Å². The summed E-state index contributed by atoms with van der Waals surface area (Å²) in [6.45, 7) is 4.33. The van der Waals surface area contributed by atoms with Gasteiger partial charge in [-0.15, -0.1) is 3.82 Å². The first-order chi connectivity index (χ1) is 10.1. The van der Waals surface area contributed by atoms with Crippen molar-refractivity contribution in [3.8, 4) is 0 Å². The van der Waals surface area contributed by atoms with E-state index in [2.05, 4.69) is 58.0 Å². The van der Waals surface area contributed by atoms with Gasteiger partial charge >= 0.3 is 0 Å².